The second-order valence-electron chi connectivity index (χ2n) is 5.79. The first-order valence-corrected chi connectivity index (χ1v) is 7.55. The Morgan fingerprint density at radius 2 is 2.05 bits per heavy atom. The Kier molecular flexibility index (Phi) is 4.36. The fraction of sp³-hybridized carbons (Fsp3) is 0.471. The van der Waals surface area contributed by atoms with Gasteiger partial charge in [0.1, 0.15) is 0 Å². The highest BCUT2D eigenvalue weighted by molar-refractivity contribution is 5.14. The average Bonchev–Trinajstić information content (AvgIpc) is 2.93. The van der Waals surface area contributed by atoms with Crippen LogP contribution in [0.3, 0.4) is 0 Å². The Morgan fingerprint density at radius 3 is 2.76 bits per heavy atom. The first kappa shape index (κ1) is 14.3. The molecule has 0 amide bonds. The van der Waals surface area contributed by atoms with Gasteiger partial charge in [-0.1, -0.05) is 30.3 Å². The molecule has 112 valence electrons. The largest absolute Gasteiger partial charge is 0.392 e. The van der Waals surface area contributed by atoms with Gasteiger partial charge in [0.05, 0.1) is 18.8 Å². The standard InChI is InChI=1S/C17H22N2O2/c1-19-16(9-10-18-19)15-11-14(7-8-17(15)20)21-12-13-5-3-2-4-6-13/h2-6,9-10,14-15,17,20H,7-8,11-12H2,1H3. The topological polar surface area (TPSA) is 47.3 Å². The monoisotopic (exact) mass is 286 g/mol. The maximum absolute atomic E-state index is 10.3. The average molecular weight is 286 g/mol. The van der Waals surface area contributed by atoms with Crippen molar-refractivity contribution in [2.75, 3.05) is 0 Å². The van der Waals surface area contributed by atoms with Gasteiger partial charge in [0.15, 0.2) is 0 Å². The number of benzene rings is 1. The smallest absolute Gasteiger partial charge is 0.0720 e. The molecule has 4 heteroatoms. The van der Waals surface area contributed by atoms with Gasteiger partial charge in [-0.2, -0.15) is 5.10 Å². The summed E-state index contributed by atoms with van der Waals surface area (Å²) in [5.41, 5.74) is 2.29. The molecule has 1 saturated carbocycles. The van der Waals surface area contributed by atoms with Crippen LogP contribution in [-0.2, 0) is 18.4 Å². The number of nitrogens with zero attached hydrogens (tertiary/aromatic N) is 2. The van der Waals surface area contributed by atoms with Crippen molar-refractivity contribution in [2.24, 2.45) is 7.05 Å². The van der Waals surface area contributed by atoms with Gasteiger partial charge >= 0.3 is 0 Å². The first-order valence-electron chi connectivity index (χ1n) is 7.55. The SMILES string of the molecule is Cn1nccc1C1CC(OCc2ccccc2)CCC1O. The highest BCUT2D eigenvalue weighted by Crippen LogP contribution is 2.34. The van der Waals surface area contributed by atoms with Crippen LogP contribution in [0.1, 0.15) is 36.4 Å². The molecule has 0 bridgehead atoms. The molecule has 3 unspecified atom stereocenters. The Labute approximate surface area is 125 Å². The summed E-state index contributed by atoms with van der Waals surface area (Å²) in [4.78, 5) is 0. The fourth-order valence-electron chi connectivity index (χ4n) is 3.12. The van der Waals surface area contributed by atoms with E-state index >= 15 is 0 Å². The number of aromatic nitrogens is 2. The number of ether oxygens (including phenoxy) is 1. The van der Waals surface area contributed by atoms with Crippen LogP contribution in [0, 0.1) is 0 Å². The van der Waals surface area contributed by atoms with Crippen LogP contribution in [0.5, 0.6) is 0 Å². The number of hydrogen-bond donors (Lipinski definition) is 1. The lowest BCUT2D eigenvalue weighted by molar-refractivity contribution is -0.0237. The van der Waals surface area contributed by atoms with Crippen molar-refractivity contribution in [3.63, 3.8) is 0 Å². The van der Waals surface area contributed by atoms with Gasteiger partial charge in [0, 0.05) is 24.9 Å². The number of aryl methyl sites for hydroxylation is 1. The summed E-state index contributed by atoms with van der Waals surface area (Å²) in [6.07, 6.45) is 4.26. The van der Waals surface area contributed by atoms with E-state index in [4.69, 9.17) is 4.74 Å². The third-order valence-corrected chi connectivity index (χ3v) is 4.33. The lowest BCUT2D eigenvalue weighted by Crippen LogP contribution is -2.32. The van der Waals surface area contributed by atoms with Crippen molar-refractivity contribution >= 4 is 0 Å². The molecule has 1 aliphatic rings. The van der Waals surface area contributed by atoms with E-state index in [1.54, 1.807) is 6.20 Å². The van der Waals surface area contributed by atoms with Crippen LogP contribution in [0.15, 0.2) is 42.6 Å². The molecule has 1 aromatic carbocycles. The van der Waals surface area contributed by atoms with Crippen LogP contribution >= 0.6 is 0 Å². The van der Waals surface area contributed by atoms with Crippen LogP contribution < -0.4 is 0 Å². The summed E-state index contributed by atoms with van der Waals surface area (Å²) in [6.45, 7) is 0.639. The maximum Gasteiger partial charge on any atom is 0.0720 e. The molecule has 3 rings (SSSR count). The molecule has 1 fully saturated rings. The second-order valence-corrected chi connectivity index (χ2v) is 5.79. The van der Waals surface area contributed by atoms with Crippen molar-refractivity contribution in [2.45, 2.75) is 44.0 Å². The molecule has 1 heterocycles. The van der Waals surface area contributed by atoms with Gasteiger partial charge in [-0.05, 0) is 30.9 Å². The summed E-state index contributed by atoms with van der Waals surface area (Å²) in [5.74, 6) is 0.118. The molecule has 4 nitrogen and oxygen atoms in total. The van der Waals surface area contributed by atoms with Gasteiger partial charge in [0.25, 0.3) is 0 Å². The number of aliphatic hydroxyl groups excluding tert-OH is 1. The molecule has 2 aromatic rings. The van der Waals surface area contributed by atoms with Crippen LogP contribution in [0.25, 0.3) is 0 Å². The third kappa shape index (κ3) is 3.34. The van der Waals surface area contributed by atoms with E-state index in [-0.39, 0.29) is 18.1 Å². The van der Waals surface area contributed by atoms with Crippen molar-refractivity contribution in [1.29, 1.82) is 0 Å². The zero-order valence-corrected chi connectivity index (χ0v) is 12.4. The summed E-state index contributed by atoms with van der Waals surface area (Å²) >= 11 is 0. The van der Waals surface area contributed by atoms with E-state index < -0.39 is 0 Å². The minimum absolute atomic E-state index is 0.118. The van der Waals surface area contributed by atoms with Gasteiger partial charge in [-0.25, -0.2) is 0 Å². The molecule has 21 heavy (non-hydrogen) atoms. The van der Waals surface area contributed by atoms with E-state index in [2.05, 4.69) is 17.2 Å². The quantitative estimate of drug-likeness (QED) is 0.940. The maximum atomic E-state index is 10.3. The minimum atomic E-state index is -0.294. The highest BCUT2D eigenvalue weighted by Gasteiger charge is 2.32. The van der Waals surface area contributed by atoms with Gasteiger partial charge in [-0.3, -0.25) is 4.68 Å². The lowest BCUT2D eigenvalue weighted by Gasteiger charge is -2.33. The normalized spacial score (nSPS) is 25.9. The molecule has 0 spiro atoms. The molecule has 0 aliphatic heterocycles. The summed E-state index contributed by atoms with van der Waals surface area (Å²) in [7, 11) is 1.93. The number of hydrogen-bond acceptors (Lipinski definition) is 3. The third-order valence-electron chi connectivity index (χ3n) is 4.33. The summed E-state index contributed by atoms with van der Waals surface area (Å²) in [5, 5.41) is 14.5. The van der Waals surface area contributed by atoms with E-state index in [1.807, 2.05) is 36.0 Å². The molecule has 0 radical (unpaired) electrons. The van der Waals surface area contributed by atoms with E-state index in [1.165, 1.54) is 5.56 Å². The first-order chi connectivity index (χ1) is 10.2. The zero-order valence-electron chi connectivity index (χ0n) is 12.4. The number of rotatable bonds is 4. The number of aliphatic hydroxyl groups is 1. The summed E-state index contributed by atoms with van der Waals surface area (Å²) < 4.78 is 7.90. The Hall–Kier alpha value is -1.65. The molecule has 0 saturated heterocycles. The van der Waals surface area contributed by atoms with Crippen LogP contribution in [-0.4, -0.2) is 27.1 Å². The van der Waals surface area contributed by atoms with Crippen molar-refractivity contribution < 1.29 is 9.84 Å². The molecule has 1 N–H and O–H groups in total. The van der Waals surface area contributed by atoms with Crippen LogP contribution in [0.2, 0.25) is 0 Å². The predicted molar refractivity (Wildman–Crippen MR) is 80.8 cm³/mol. The molecular formula is C17H22N2O2. The summed E-state index contributed by atoms with van der Waals surface area (Å²) in [6, 6.07) is 12.2. The van der Waals surface area contributed by atoms with Crippen LogP contribution in [0.4, 0.5) is 0 Å². The van der Waals surface area contributed by atoms with E-state index in [9.17, 15) is 5.11 Å². The van der Waals surface area contributed by atoms with Crippen molar-refractivity contribution in [1.82, 2.24) is 9.78 Å². The van der Waals surface area contributed by atoms with Gasteiger partial charge in [-0.15, -0.1) is 0 Å². The molecule has 1 aromatic heterocycles. The Bertz CT molecular complexity index is 567. The zero-order chi connectivity index (χ0) is 14.7. The molecular weight excluding hydrogens is 264 g/mol. The van der Waals surface area contributed by atoms with Crippen molar-refractivity contribution in [3.05, 3.63) is 53.9 Å². The molecule has 3 atom stereocenters. The predicted octanol–water partition coefficient (Wildman–Crippen LogP) is 2.63. The minimum Gasteiger partial charge on any atom is -0.392 e. The lowest BCUT2D eigenvalue weighted by atomic mass is 9.82. The van der Waals surface area contributed by atoms with E-state index in [0.717, 1.165) is 25.0 Å². The molecule has 1 aliphatic carbocycles. The second kappa shape index (κ2) is 6.41. The Morgan fingerprint density at radius 1 is 1.24 bits per heavy atom. The van der Waals surface area contributed by atoms with Gasteiger partial charge in [0.2, 0.25) is 0 Å². The Balaban J connectivity index is 1.62. The highest BCUT2D eigenvalue weighted by atomic mass is 16.5. The van der Waals surface area contributed by atoms with Gasteiger partial charge < -0.3 is 9.84 Å². The fourth-order valence-corrected chi connectivity index (χ4v) is 3.12. The van der Waals surface area contributed by atoms with E-state index in [0.29, 0.717) is 6.61 Å². The van der Waals surface area contributed by atoms with Crippen molar-refractivity contribution in [3.8, 4) is 0 Å².